The van der Waals surface area contributed by atoms with Crippen molar-refractivity contribution < 1.29 is 9.47 Å². The molecule has 68 valence electrons. The van der Waals surface area contributed by atoms with Gasteiger partial charge < -0.3 is 9.47 Å². The Morgan fingerprint density at radius 3 is 2.75 bits per heavy atom. The zero-order chi connectivity index (χ0) is 8.82. The molecule has 0 N–H and O–H groups in total. The van der Waals surface area contributed by atoms with E-state index in [2.05, 4.69) is 13.5 Å². The molecule has 0 bridgehead atoms. The summed E-state index contributed by atoms with van der Waals surface area (Å²) in [6, 6.07) is 0. The molecule has 0 aromatic rings. The van der Waals surface area contributed by atoms with Crippen LogP contribution in [-0.2, 0) is 9.47 Å². The van der Waals surface area contributed by atoms with Crippen molar-refractivity contribution in [2.24, 2.45) is 0 Å². The first-order valence-electron chi connectivity index (χ1n) is 4.51. The Balaban J connectivity index is 2.14. The maximum absolute atomic E-state index is 5.63. The van der Waals surface area contributed by atoms with E-state index in [1.165, 1.54) is 0 Å². The number of hydrogen-bond donors (Lipinski definition) is 0. The molecule has 2 rings (SSSR count). The SMILES string of the molecule is C=CC[C@@]1(OC)CC[C@]2(C)O[C@H]12. The van der Waals surface area contributed by atoms with Gasteiger partial charge >= 0.3 is 0 Å². The maximum Gasteiger partial charge on any atom is 0.116 e. The zero-order valence-electron chi connectivity index (χ0n) is 7.80. The molecule has 2 heteroatoms. The van der Waals surface area contributed by atoms with Gasteiger partial charge in [-0.25, -0.2) is 0 Å². The minimum absolute atomic E-state index is 0.0590. The lowest BCUT2D eigenvalue weighted by atomic mass is 9.96. The molecular weight excluding hydrogens is 152 g/mol. The van der Waals surface area contributed by atoms with Crippen LogP contribution < -0.4 is 0 Å². The van der Waals surface area contributed by atoms with Crippen molar-refractivity contribution in [1.29, 1.82) is 0 Å². The van der Waals surface area contributed by atoms with Crippen LogP contribution in [0.4, 0.5) is 0 Å². The largest absolute Gasteiger partial charge is 0.375 e. The predicted molar refractivity (Wildman–Crippen MR) is 47.1 cm³/mol. The van der Waals surface area contributed by atoms with Crippen LogP contribution in [0.3, 0.4) is 0 Å². The molecule has 0 radical (unpaired) electrons. The molecule has 1 saturated heterocycles. The van der Waals surface area contributed by atoms with Crippen molar-refractivity contribution in [2.45, 2.75) is 43.5 Å². The van der Waals surface area contributed by atoms with Crippen LogP contribution in [0.1, 0.15) is 26.2 Å². The molecule has 1 aliphatic carbocycles. The molecule has 12 heavy (non-hydrogen) atoms. The van der Waals surface area contributed by atoms with Crippen molar-refractivity contribution in [3.8, 4) is 0 Å². The Labute approximate surface area is 73.5 Å². The normalized spacial score (nSPS) is 50.3. The second kappa shape index (κ2) is 2.33. The molecule has 2 aliphatic rings. The molecule has 2 fully saturated rings. The molecule has 1 aliphatic heterocycles. The van der Waals surface area contributed by atoms with Crippen LogP contribution in [0.15, 0.2) is 12.7 Å². The summed E-state index contributed by atoms with van der Waals surface area (Å²) in [7, 11) is 1.77. The van der Waals surface area contributed by atoms with Gasteiger partial charge in [-0.2, -0.15) is 0 Å². The third-order valence-electron chi connectivity index (χ3n) is 3.30. The van der Waals surface area contributed by atoms with Crippen LogP contribution in [0.5, 0.6) is 0 Å². The highest BCUT2D eigenvalue weighted by molar-refractivity contribution is 5.18. The van der Waals surface area contributed by atoms with Gasteiger partial charge in [-0.1, -0.05) is 6.08 Å². The van der Waals surface area contributed by atoms with E-state index in [9.17, 15) is 0 Å². The molecule has 0 amide bonds. The van der Waals surface area contributed by atoms with Crippen LogP contribution in [0.2, 0.25) is 0 Å². The third kappa shape index (κ3) is 0.882. The second-order valence-corrected chi connectivity index (χ2v) is 4.07. The van der Waals surface area contributed by atoms with Crippen LogP contribution in [0.25, 0.3) is 0 Å². The van der Waals surface area contributed by atoms with Crippen molar-refractivity contribution in [3.63, 3.8) is 0 Å². The van der Waals surface area contributed by atoms with Crippen molar-refractivity contribution in [3.05, 3.63) is 12.7 Å². The van der Waals surface area contributed by atoms with E-state index < -0.39 is 0 Å². The van der Waals surface area contributed by atoms with Gasteiger partial charge in [0, 0.05) is 7.11 Å². The summed E-state index contributed by atoms with van der Waals surface area (Å²) in [6.07, 6.45) is 5.38. The summed E-state index contributed by atoms with van der Waals surface area (Å²) in [5.74, 6) is 0. The van der Waals surface area contributed by atoms with Crippen molar-refractivity contribution in [1.82, 2.24) is 0 Å². The predicted octanol–water partition coefficient (Wildman–Crippen LogP) is 1.90. The molecule has 1 saturated carbocycles. The summed E-state index contributed by atoms with van der Waals surface area (Å²) in [4.78, 5) is 0. The number of rotatable bonds is 3. The van der Waals surface area contributed by atoms with E-state index in [-0.39, 0.29) is 11.2 Å². The van der Waals surface area contributed by atoms with Crippen molar-refractivity contribution >= 4 is 0 Å². The van der Waals surface area contributed by atoms with E-state index in [0.717, 1.165) is 19.3 Å². The van der Waals surface area contributed by atoms with E-state index in [1.807, 2.05) is 6.08 Å². The Bertz CT molecular complexity index is 214. The monoisotopic (exact) mass is 168 g/mol. The fourth-order valence-corrected chi connectivity index (χ4v) is 2.43. The first-order chi connectivity index (χ1) is 5.67. The summed E-state index contributed by atoms with van der Waals surface area (Å²) in [5, 5.41) is 0. The van der Waals surface area contributed by atoms with Crippen LogP contribution in [-0.4, -0.2) is 24.4 Å². The summed E-state index contributed by atoms with van der Waals surface area (Å²) < 4.78 is 11.2. The lowest BCUT2D eigenvalue weighted by Crippen LogP contribution is -2.34. The number of fused-ring (bicyclic) bond motifs is 1. The van der Waals surface area contributed by atoms with Gasteiger partial charge in [0.15, 0.2) is 0 Å². The van der Waals surface area contributed by atoms with E-state index >= 15 is 0 Å². The van der Waals surface area contributed by atoms with E-state index in [4.69, 9.17) is 9.47 Å². The highest BCUT2D eigenvalue weighted by atomic mass is 16.6. The molecule has 1 heterocycles. The molecule has 0 unspecified atom stereocenters. The summed E-state index contributed by atoms with van der Waals surface area (Å²) in [6.45, 7) is 5.93. The number of ether oxygens (including phenoxy) is 2. The summed E-state index contributed by atoms with van der Waals surface area (Å²) in [5.41, 5.74) is 0.0650. The standard InChI is InChI=1S/C10H16O2/c1-4-5-10(11-3)7-6-9(2)8(10)12-9/h4,8H,1,5-7H2,2-3H3/t8-,9-,10+/m0/s1. The van der Waals surface area contributed by atoms with Gasteiger partial charge in [-0.15, -0.1) is 6.58 Å². The average molecular weight is 168 g/mol. The van der Waals surface area contributed by atoms with Gasteiger partial charge in [-0.3, -0.25) is 0 Å². The fraction of sp³-hybridized carbons (Fsp3) is 0.800. The highest BCUT2D eigenvalue weighted by Gasteiger charge is 2.68. The minimum Gasteiger partial charge on any atom is -0.375 e. The van der Waals surface area contributed by atoms with Gasteiger partial charge in [0.05, 0.1) is 5.60 Å². The molecule has 3 atom stereocenters. The summed E-state index contributed by atoms with van der Waals surface area (Å²) >= 11 is 0. The van der Waals surface area contributed by atoms with Gasteiger partial charge in [0.1, 0.15) is 11.7 Å². The quantitative estimate of drug-likeness (QED) is 0.474. The first-order valence-corrected chi connectivity index (χ1v) is 4.51. The van der Waals surface area contributed by atoms with Crippen LogP contribution in [0, 0.1) is 0 Å². The Morgan fingerprint density at radius 2 is 2.42 bits per heavy atom. The maximum atomic E-state index is 5.63. The van der Waals surface area contributed by atoms with Crippen molar-refractivity contribution in [2.75, 3.05) is 7.11 Å². The van der Waals surface area contributed by atoms with E-state index in [0.29, 0.717) is 6.10 Å². The second-order valence-electron chi connectivity index (χ2n) is 4.07. The lowest BCUT2D eigenvalue weighted by Gasteiger charge is -2.26. The molecule has 0 aromatic heterocycles. The molecule has 2 nitrogen and oxygen atoms in total. The highest BCUT2D eigenvalue weighted by Crippen LogP contribution is 2.57. The van der Waals surface area contributed by atoms with Gasteiger partial charge in [-0.05, 0) is 26.2 Å². The van der Waals surface area contributed by atoms with E-state index in [1.54, 1.807) is 7.11 Å². The smallest absolute Gasteiger partial charge is 0.116 e. The zero-order valence-corrected chi connectivity index (χ0v) is 7.80. The fourth-order valence-electron chi connectivity index (χ4n) is 2.43. The van der Waals surface area contributed by atoms with Gasteiger partial charge in [0.25, 0.3) is 0 Å². The number of epoxide rings is 1. The Kier molecular flexibility index (Phi) is 1.61. The Morgan fingerprint density at radius 1 is 1.67 bits per heavy atom. The number of hydrogen-bond acceptors (Lipinski definition) is 2. The topological polar surface area (TPSA) is 21.8 Å². The first kappa shape index (κ1) is 8.27. The minimum atomic E-state index is -0.0590. The Hall–Kier alpha value is -0.340. The molecular formula is C10H16O2. The lowest BCUT2D eigenvalue weighted by molar-refractivity contribution is -0.0363. The van der Waals surface area contributed by atoms with Crippen LogP contribution >= 0.6 is 0 Å². The molecule has 0 aromatic carbocycles. The van der Waals surface area contributed by atoms with Gasteiger partial charge in [0.2, 0.25) is 0 Å². The average Bonchev–Trinajstić information content (AvgIpc) is 2.67. The third-order valence-corrected chi connectivity index (χ3v) is 3.30. The number of methoxy groups -OCH3 is 1. The molecule has 0 spiro atoms.